The van der Waals surface area contributed by atoms with Crippen LogP contribution in [0.1, 0.15) is 25.0 Å². The summed E-state index contributed by atoms with van der Waals surface area (Å²) >= 11 is 0. The number of hydrogen-bond acceptors (Lipinski definition) is 3. The molecule has 2 heterocycles. The highest BCUT2D eigenvalue weighted by Gasteiger charge is 2.11. The molecule has 18 heavy (non-hydrogen) atoms. The van der Waals surface area contributed by atoms with E-state index in [2.05, 4.69) is 15.3 Å². The number of carbonyl (C=O) groups excluding carboxylic acids is 1. The highest BCUT2D eigenvalue weighted by Crippen LogP contribution is 2.05. The van der Waals surface area contributed by atoms with Gasteiger partial charge in [0.05, 0.1) is 0 Å². The van der Waals surface area contributed by atoms with Gasteiger partial charge in [0, 0.05) is 38.4 Å². The standard InChI is InChI=1S/C13H22N4O/c1-16-12(6-7-15-16)4-5-13(18)14-8-11-17-9-2-3-10-17/h6-7H,2-5,8-11H2,1H3,(H,14,18). The fraction of sp³-hybridized carbons (Fsp3) is 0.692. The van der Waals surface area contributed by atoms with Gasteiger partial charge >= 0.3 is 0 Å². The summed E-state index contributed by atoms with van der Waals surface area (Å²) in [5.74, 6) is 0.135. The van der Waals surface area contributed by atoms with Crippen molar-refractivity contribution in [3.05, 3.63) is 18.0 Å². The lowest BCUT2D eigenvalue weighted by Gasteiger charge is -2.14. The number of hydrogen-bond donors (Lipinski definition) is 1. The molecule has 1 amide bonds. The quantitative estimate of drug-likeness (QED) is 0.803. The minimum Gasteiger partial charge on any atom is -0.355 e. The van der Waals surface area contributed by atoms with Gasteiger partial charge in [0.2, 0.25) is 5.91 Å². The molecule has 0 aromatic carbocycles. The van der Waals surface area contributed by atoms with E-state index in [0.717, 1.165) is 25.2 Å². The van der Waals surface area contributed by atoms with Crippen LogP contribution in [0.3, 0.4) is 0 Å². The third-order valence-electron chi connectivity index (χ3n) is 3.48. The van der Waals surface area contributed by atoms with E-state index in [0.29, 0.717) is 6.42 Å². The van der Waals surface area contributed by atoms with E-state index in [1.54, 1.807) is 6.20 Å². The van der Waals surface area contributed by atoms with Crippen molar-refractivity contribution in [2.24, 2.45) is 7.05 Å². The average molecular weight is 250 g/mol. The van der Waals surface area contributed by atoms with Crippen LogP contribution in [0.5, 0.6) is 0 Å². The van der Waals surface area contributed by atoms with Crippen LogP contribution in [0, 0.1) is 0 Å². The summed E-state index contributed by atoms with van der Waals surface area (Å²) in [7, 11) is 1.90. The van der Waals surface area contributed by atoms with Crippen LogP contribution < -0.4 is 5.32 Å². The van der Waals surface area contributed by atoms with Gasteiger partial charge in [0.1, 0.15) is 0 Å². The molecule has 0 bridgehead atoms. The molecule has 1 aliphatic rings. The van der Waals surface area contributed by atoms with E-state index in [4.69, 9.17) is 0 Å². The van der Waals surface area contributed by atoms with Gasteiger partial charge in [-0.25, -0.2) is 0 Å². The second-order valence-electron chi connectivity index (χ2n) is 4.84. The lowest BCUT2D eigenvalue weighted by molar-refractivity contribution is -0.121. The molecule has 0 spiro atoms. The first-order valence-electron chi connectivity index (χ1n) is 6.71. The summed E-state index contributed by atoms with van der Waals surface area (Å²) in [4.78, 5) is 14.1. The average Bonchev–Trinajstić information content (AvgIpc) is 2.98. The molecule has 0 atom stereocenters. The van der Waals surface area contributed by atoms with Gasteiger partial charge in [-0.05, 0) is 38.4 Å². The van der Waals surface area contributed by atoms with Crippen molar-refractivity contribution in [3.63, 3.8) is 0 Å². The minimum absolute atomic E-state index is 0.135. The summed E-state index contributed by atoms with van der Waals surface area (Å²) in [5.41, 5.74) is 1.10. The normalized spacial score (nSPS) is 16.1. The van der Waals surface area contributed by atoms with Crippen LogP contribution in [-0.2, 0) is 18.3 Å². The van der Waals surface area contributed by atoms with Gasteiger partial charge in [0.25, 0.3) is 0 Å². The largest absolute Gasteiger partial charge is 0.355 e. The van der Waals surface area contributed by atoms with Crippen molar-refractivity contribution in [2.75, 3.05) is 26.2 Å². The lowest BCUT2D eigenvalue weighted by Crippen LogP contribution is -2.33. The van der Waals surface area contributed by atoms with Gasteiger partial charge < -0.3 is 10.2 Å². The van der Waals surface area contributed by atoms with E-state index in [9.17, 15) is 4.79 Å². The molecule has 1 aliphatic heterocycles. The Morgan fingerprint density at radius 1 is 1.44 bits per heavy atom. The second kappa shape index (κ2) is 6.54. The van der Waals surface area contributed by atoms with Gasteiger partial charge in [-0.15, -0.1) is 0 Å². The first-order chi connectivity index (χ1) is 8.75. The zero-order valence-corrected chi connectivity index (χ0v) is 11.1. The predicted molar refractivity (Wildman–Crippen MR) is 70.2 cm³/mol. The number of amides is 1. The fourth-order valence-electron chi connectivity index (χ4n) is 2.34. The molecule has 1 saturated heterocycles. The monoisotopic (exact) mass is 250 g/mol. The van der Waals surface area contributed by atoms with Crippen LogP contribution in [0.2, 0.25) is 0 Å². The Labute approximate surface area is 108 Å². The van der Waals surface area contributed by atoms with E-state index >= 15 is 0 Å². The molecule has 1 aromatic heterocycles. The van der Waals surface area contributed by atoms with Crippen molar-refractivity contribution in [2.45, 2.75) is 25.7 Å². The molecule has 5 nitrogen and oxygen atoms in total. The van der Waals surface area contributed by atoms with E-state index in [-0.39, 0.29) is 5.91 Å². The Balaban J connectivity index is 1.59. The number of likely N-dealkylation sites (tertiary alicyclic amines) is 1. The van der Waals surface area contributed by atoms with E-state index in [1.807, 2.05) is 17.8 Å². The zero-order chi connectivity index (χ0) is 12.8. The third-order valence-corrected chi connectivity index (χ3v) is 3.48. The van der Waals surface area contributed by atoms with Crippen LogP contribution in [0.25, 0.3) is 0 Å². The molecular weight excluding hydrogens is 228 g/mol. The SMILES string of the molecule is Cn1nccc1CCC(=O)NCCN1CCCC1. The van der Waals surface area contributed by atoms with Crippen LogP contribution >= 0.6 is 0 Å². The van der Waals surface area contributed by atoms with Crippen molar-refractivity contribution in [1.82, 2.24) is 20.0 Å². The molecule has 2 rings (SSSR count). The molecule has 0 saturated carbocycles. The molecule has 1 aromatic rings. The van der Waals surface area contributed by atoms with Crippen molar-refractivity contribution < 1.29 is 4.79 Å². The smallest absolute Gasteiger partial charge is 0.220 e. The molecule has 100 valence electrons. The number of carbonyl (C=O) groups is 1. The number of aromatic nitrogens is 2. The van der Waals surface area contributed by atoms with Crippen LogP contribution in [0.15, 0.2) is 12.3 Å². The Hall–Kier alpha value is -1.36. The van der Waals surface area contributed by atoms with Crippen molar-refractivity contribution >= 4 is 5.91 Å². The van der Waals surface area contributed by atoms with Crippen molar-refractivity contribution in [3.8, 4) is 0 Å². The lowest BCUT2D eigenvalue weighted by atomic mass is 10.2. The summed E-state index contributed by atoms with van der Waals surface area (Å²) in [5, 5.41) is 7.07. The van der Waals surface area contributed by atoms with Crippen LogP contribution in [0.4, 0.5) is 0 Å². The molecule has 0 unspecified atom stereocenters. The van der Waals surface area contributed by atoms with Gasteiger partial charge in [-0.3, -0.25) is 9.48 Å². The molecule has 0 radical (unpaired) electrons. The molecule has 1 fully saturated rings. The Morgan fingerprint density at radius 2 is 2.22 bits per heavy atom. The molecule has 1 N–H and O–H groups in total. The summed E-state index contributed by atoms with van der Waals surface area (Å²) in [6.45, 7) is 4.12. The topological polar surface area (TPSA) is 50.2 Å². The first kappa shape index (κ1) is 13.1. The van der Waals surface area contributed by atoms with Crippen LogP contribution in [-0.4, -0.2) is 46.8 Å². The van der Waals surface area contributed by atoms with Gasteiger partial charge in [-0.2, -0.15) is 5.10 Å². The number of rotatable bonds is 6. The minimum atomic E-state index is 0.135. The maximum atomic E-state index is 11.7. The summed E-state index contributed by atoms with van der Waals surface area (Å²) in [6, 6.07) is 1.96. The Morgan fingerprint density at radius 3 is 2.89 bits per heavy atom. The fourth-order valence-corrected chi connectivity index (χ4v) is 2.34. The van der Waals surface area contributed by atoms with E-state index in [1.165, 1.54) is 25.9 Å². The predicted octanol–water partition coefficient (Wildman–Crippen LogP) is 0.565. The molecular formula is C13H22N4O. The highest BCUT2D eigenvalue weighted by atomic mass is 16.1. The summed E-state index contributed by atoms with van der Waals surface area (Å²) in [6.07, 6.45) is 5.66. The van der Waals surface area contributed by atoms with Gasteiger partial charge in [-0.1, -0.05) is 0 Å². The number of aryl methyl sites for hydroxylation is 2. The number of nitrogens with one attached hydrogen (secondary N) is 1. The zero-order valence-electron chi connectivity index (χ0n) is 11.1. The van der Waals surface area contributed by atoms with Crippen molar-refractivity contribution in [1.29, 1.82) is 0 Å². The second-order valence-corrected chi connectivity index (χ2v) is 4.84. The van der Waals surface area contributed by atoms with E-state index < -0.39 is 0 Å². The third kappa shape index (κ3) is 3.84. The molecule has 5 heteroatoms. The number of nitrogens with zero attached hydrogens (tertiary/aromatic N) is 3. The maximum Gasteiger partial charge on any atom is 0.220 e. The Bertz CT molecular complexity index is 382. The summed E-state index contributed by atoms with van der Waals surface area (Å²) < 4.78 is 1.82. The van der Waals surface area contributed by atoms with Gasteiger partial charge in [0.15, 0.2) is 0 Å². The molecule has 0 aliphatic carbocycles. The first-order valence-corrected chi connectivity index (χ1v) is 6.71. The highest BCUT2D eigenvalue weighted by molar-refractivity contribution is 5.76. The Kier molecular flexibility index (Phi) is 4.75. The maximum absolute atomic E-state index is 11.7.